The first-order chi connectivity index (χ1) is 4.93. The zero-order chi connectivity index (χ0) is 6.51. The van der Waals surface area contributed by atoms with Crippen LogP contribution in [0.5, 0.6) is 0 Å². The highest BCUT2D eigenvalue weighted by atomic mass is 15.1. The van der Waals surface area contributed by atoms with Crippen molar-refractivity contribution in [1.82, 2.24) is 0 Å². The second-order valence-electron chi connectivity index (χ2n) is 4.95. The standard InChI is InChI=1S/C10H14/c1-2-3-4-10-7-5-6(7)9(10)8(5)10/h5-9H,2-4H2,1H3. The van der Waals surface area contributed by atoms with E-state index in [-0.39, 0.29) is 0 Å². The van der Waals surface area contributed by atoms with Gasteiger partial charge in [0.25, 0.3) is 0 Å². The van der Waals surface area contributed by atoms with Crippen LogP contribution in [0.3, 0.4) is 0 Å². The third kappa shape index (κ3) is 0.212. The van der Waals surface area contributed by atoms with E-state index in [1.54, 1.807) is 6.42 Å². The van der Waals surface area contributed by atoms with Crippen LogP contribution in [0.1, 0.15) is 26.2 Å². The van der Waals surface area contributed by atoms with Crippen molar-refractivity contribution >= 4 is 0 Å². The van der Waals surface area contributed by atoms with Gasteiger partial charge in [0.15, 0.2) is 0 Å². The minimum absolute atomic E-state index is 1.03. The Kier molecular flexibility index (Phi) is 0.479. The predicted molar refractivity (Wildman–Crippen MR) is 39.4 cm³/mol. The lowest BCUT2D eigenvalue weighted by Gasteiger charge is -2.27. The van der Waals surface area contributed by atoms with Gasteiger partial charge in [-0.2, -0.15) is 0 Å². The molecule has 0 radical (unpaired) electrons. The molecule has 0 bridgehead atoms. The first kappa shape index (κ1) is 4.79. The van der Waals surface area contributed by atoms with Gasteiger partial charge in [-0.05, 0) is 41.4 Å². The molecule has 5 aliphatic carbocycles. The number of rotatable bonds is 3. The van der Waals surface area contributed by atoms with Crippen LogP contribution in [0, 0.1) is 35.0 Å². The normalized spacial score (nSPS) is 77.1. The third-order valence-corrected chi connectivity index (χ3v) is 5.07. The summed E-state index contributed by atoms with van der Waals surface area (Å²) >= 11 is 0. The monoisotopic (exact) mass is 134 g/mol. The Balaban J connectivity index is 1.54. The van der Waals surface area contributed by atoms with Crippen LogP contribution in [0.25, 0.3) is 0 Å². The molecule has 5 aliphatic rings. The summed E-state index contributed by atoms with van der Waals surface area (Å²) in [5, 5.41) is 0. The van der Waals surface area contributed by atoms with Crippen molar-refractivity contribution in [3.63, 3.8) is 0 Å². The molecule has 0 nitrogen and oxygen atoms in total. The minimum Gasteiger partial charge on any atom is -0.0654 e. The third-order valence-electron chi connectivity index (χ3n) is 5.07. The smallest absolute Gasteiger partial charge is 0.0195 e. The van der Waals surface area contributed by atoms with Crippen LogP contribution in [0.4, 0.5) is 0 Å². The first-order valence-electron chi connectivity index (χ1n) is 4.93. The number of hydrogen-bond acceptors (Lipinski definition) is 0. The minimum atomic E-state index is 1.03. The fourth-order valence-corrected chi connectivity index (χ4v) is 4.76. The Morgan fingerprint density at radius 3 is 2.30 bits per heavy atom. The van der Waals surface area contributed by atoms with Crippen LogP contribution in [0.15, 0.2) is 0 Å². The molecule has 5 rings (SSSR count). The first-order valence-corrected chi connectivity index (χ1v) is 4.93. The highest BCUT2D eigenvalue weighted by molar-refractivity contribution is 5.51. The van der Waals surface area contributed by atoms with E-state index in [1.807, 2.05) is 0 Å². The molecule has 10 heavy (non-hydrogen) atoms. The summed E-state index contributed by atoms with van der Waals surface area (Å²) in [5.41, 5.74) is 1.03. The van der Waals surface area contributed by atoms with Crippen molar-refractivity contribution in [2.24, 2.45) is 35.0 Å². The Hall–Kier alpha value is 0. The molecular weight excluding hydrogens is 120 g/mol. The maximum Gasteiger partial charge on any atom is -0.0195 e. The topological polar surface area (TPSA) is 0 Å². The van der Waals surface area contributed by atoms with Gasteiger partial charge in [-0.15, -0.1) is 0 Å². The fraction of sp³-hybridized carbons (Fsp3) is 1.00. The van der Waals surface area contributed by atoms with Crippen LogP contribution < -0.4 is 0 Å². The SMILES string of the molecule is CCCCC12C3C4C3C1C42. The molecule has 4 unspecified atom stereocenters. The van der Waals surface area contributed by atoms with E-state index in [0.29, 0.717) is 0 Å². The van der Waals surface area contributed by atoms with E-state index in [9.17, 15) is 0 Å². The summed E-state index contributed by atoms with van der Waals surface area (Å²) < 4.78 is 0. The summed E-state index contributed by atoms with van der Waals surface area (Å²) in [7, 11) is 0. The van der Waals surface area contributed by atoms with E-state index in [2.05, 4.69) is 6.92 Å². The maximum atomic E-state index is 2.32. The van der Waals surface area contributed by atoms with Crippen molar-refractivity contribution in [2.75, 3.05) is 0 Å². The van der Waals surface area contributed by atoms with Gasteiger partial charge >= 0.3 is 0 Å². The molecule has 0 amide bonds. The molecule has 0 saturated heterocycles. The molecule has 5 saturated carbocycles. The fourth-order valence-electron chi connectivity index (χ4n) is 4.76. The molecule has 0 aromatic rings. The Morgan fingerprint density at radius 2 is 1.80 bits per heavy atom. The van der Waals surface area contributed by atoms with Crippen molar-refractivity contribution in [3.8, 4) is 0 Å². The van der Waals surface area contributed by atoms with Gasteiger partial charge in [-0.1, -0.05) is 19.8 Å². The summed E-state index contributed by atoms with van der Waals surface area (Å²) in [6.45, 7) is 2.32. The molecule has 4 atom stereocenters. The second kappa shape index (κ2) is 1.00. The van der Waals surface area contributed by atoms with Crippen LogP contribution in [-0.2, 0) is 0 Å². The predicted octanol–water partition coefficient (Wildman–Crippen LogP) is 2.30. The molecule has 54 valence electrons. The Bertz CT molecular complexity index is 189. The lowest BCUT2D eigenvalue weighted by Crippen LogP contribution is -2.21. The summed E-state index contributed by atoms with van der Waals surface area (Å²) in [5.74, 6) is 6.51. The van der Waals surface area contributed by atoms with E-state index in [4.69, 9.17) is 0 Å². The van der Waals surface area contributed by atoms with Crippen molar-refractivity contribution in [3.05, 3.63) is 0 Å². The largest absolute Gasteiger partial charge is 0.0654 e. The van der Waals surface area contributed by atoms with Crippen molar-refractivity contribution < 1.29 is 0 Å². The van der Waals surface area contributed by atoms with E-state index in [1.165, 1.54) is 42.4 Å². The molecule has 0 heteroatoms. The van der Waals surface area contributed by atoms with E-state index >= 15 is 0 Å². The Labute approximate surface area is 62.0 Å². The summed E-state index contributed by atoms with van der Waals surface area (Å²) in [6.07, 6.45) is 4.54. The van der Waals surface area contributed by atoms with Gasteiger partial charge in [0, 0.05) is 0 Å². The highest BCUT2D eigenvalue weighted by Crippen LogP contribution is 3.08. The lowest BCUT2D eigenvalue weighted by atomic mass is 9.78. The molecule has 0 spiro atoms. The zero-order valence-corrected chi connectivity index (χ0v) is 6.51. The molecular formula is C10H14. The average molecular weight is 134 g/mol. The maximum absolute atomic E-state index is 2.32. The lowest BCUT2D eigenvalue weighted by molar-refractivity contribution is 0.211. The summed E-state index contributed by atoms with van der Waals surface area (Å²) in [6, 6.07) is 0. The zero-order valence-electron chi connectivity index (χ0n) is 6.51. The van der Waals surface area contributed by atoms with Crippen LogP contribution in [0.2, 0.25) is 0 Å². The van der Waals surface area contributed by atoms with Gasteiger partial charge in [0.05, 0.1) is 0 Å². The van der Waals surface area contributed by atoms with Crippen molar-refractivity contribution in [2.45, 2.75) is 26.2 Å². The van der Waals surface area contributed by atoms with Crippen LogP contribution >= 0.6 is 0 Å². The van der Waals surface area contributed by atoms with Gasteiger partial charge < -0.3 is 0 Å². The molecule has 5 fully saturated rings. The molecule has 0 N–H and O–H groups in total. The molecule has 0 heterocycles. The highest BCUT2D eigenvalue weighted by Gasteiger charge is 3.04. The van der Waals surface area contributed by atoms with E-state index in [0.717, 1.165) is 5.41 Å². The average Bonchev–Trinajstić information content (AvgIpc) is 2.37. The van der Waals surface area contributed by atoms with Gasteiger partial charge in [-0.25, -0.2) is 0 Å². The number of unbranched alkanes of at least 4 members (excludes halogenated alkanes) is 1. The number of hydrogen-bond donors (Lipinski definition) is 0. The molecule has 0 aromatic carbocycles. The van der Waals surface area contributed by atoms with E-state index < -0.39 is 0 Å². The summed E-state index contributed by atoms with van der Waals surface area (Å²) in [4.78, 5) is 0. The van der Waals surface area contributed by atoms with Gasteiger partial charge in [0.1, 0.15) is 0 Å². The van der Waals surface area contributed by atoms with Gasteiger partial charge in [-0.3, -0.25) is 0 Å². The molecule has 0 aromatic heterocycles. The van der Waals surface area contributed by atoms with Gasteiger partial charge in [0.2, 0.25) is 0 Å². The van der Waals surface area contributed by atoms with Crippen LogP contribution in [-0.4, -0.2) is 0 Å². The Morgan fingerprint density at radius 1 is 1.10 bits per heavy atom. The second-order valence-corrected chi connectivity index (χ2v) is 4.95. The van der Waals surface area contributed by atoms with Crippen molar-refractivity contribution in [1.29, 1.82) is 0 Å². The molecule has 0 aliphatic heterocycles. The quantitative estimate of drug-likeness (QED) is 0.555.